The maximum Gasteiger partial charge on any atom is 0.260 e. The third-order valence-electron chi connectivity index (χ3n) is 9.23. The lowest BCUT2D eigenvalue weighted by Crippen LogP contribution is -2.36. The normalized spacial score (nSPS) is 20.1. The maximum atomic E-state index is 14.5. The second-order valence-electron chi connectivity index (χ2n) is 11.6. The Hall–Kier alpha value is -5.68. The van der Waals surface area contributed by atoms with Gasteiger partial charge in [-0.2, -0.15) is 0 Å². The van der Waals surface area contributed by atoms with Crippen molar-refractivity contribution in [1.82, 2.24) is 4.98 Å². The van der Waals surface area contributed by atoms with Gasteiger partial charge in [-0.25, -0.2) is 0 Å². The van der Waals surface area contributed by atoms with Crippen LogP contribution in [-0.2, 0) is 16.6 Å². The number of hydrogen-bond donors (Lipinski definition) is 4. The van der Waals surface area contributed by atoms with Crippen LogP contribution in [0.3, 0.4) is 0 Å². The van der Waals surface area contributed by atoms with Crippen LogP contribution in [0.15, 0.2) is 59.2 Å². The Balaban J connectivity index is 1.55. The van der Waals surface area contributed by atoms with Crippen molar-refractivity contribution in [3.8, 4) is 17.2 Å². The summed E-state index contributed by atoms with van der Waals surface area (Å²) in [4.78, 5) is 72.1. The lowest BCUT2D eigenvalue weighted by Gasteiger charge is -2.24. The summed E-state index contributed by atoms with van der Waals surface area (Å²) in [5, 5.41) is 34.8. The fraction of sp³-hybridized carbons (Fsp3) is 0.167. The van der Waals surface area contributed by atoms with Gasteiger partial charge in [0.1, 0.15) is 22.7 Å². The number of benzene rings is 2. The molecule has 1 atom stereocenters. The first-order valence-electron chi connectivity index (χ1n) is 14.7. The average Bonchev–Trinajstić information content (AvgIpc) is 3.54. The molecule has 7 rings (SSSR count). The van der Waals surface area contributed by atoms with Crippen LogP contribution in [0.1, 0.15) is 83.6 Å². The molecule has 0 saturated heterocycles. The van der Waals surface area contributed by atoms with Crippen LogP contribution >= 0.6 is 12.2 Å². The number of pyridine rings is 1. The van der Waals surface area contributed by atoms with Crippen molar-refractivity contribution in [2.75, 3.05) is 7.11 Å². The number of allylic oxidation sites excluding steroid dienone is 9. The summed E-state index contributed by atoms with van der Waals surface area (Å²) in [6.45, 7) is 1.84. The molecule has 1 aromatic heterocycles. The number of methoxy groups -OCH3 is 1. The van der Waals surface area contributed by atoms with Gasteiger partial charge < -0.3 is 25.0 Å². The zero-order valence-electron chi connectivity index (χ0n) is 25.0. The number of phenolic OH excluding ortho intramolecular Hbond substituents is 3. The van der Waals surface area contributed by atoms with E-state index in [2.05, 4.69) is 4.98 Å². The molecule has 1 spiro atoms. The van der Waals surface area contributed by atoms with Gasteiger partial charge in [0, 0.05) is 34.0 Å². The number of ketones is 4. The summed E-state index contributed by atoms with van der Waals surface area (Å²) in [6.07, 6.45) is 13.7. The highest BCUT2D eigenvalue weighted by Crippen LogP contribution is 2.58. The molecule has 0 unspecified atom stereocenters. The minimum atomic E-state index is -2.18. The fourth-order valence-corrected chi connectivity index (χ4v) is 7.51. The van der Waals surface area contributed by atoms with Gasteiger partial charge in [0.25, 0.3) is 5.56 Å². The molecule has 0 bridgehead atoms. The zero-order chi connectivity index (χ0) is 33.5. The molecule has 4 aliphatic rings. The van der Waals surface area contributed by atoms with Crippen molar-refractivity contribution in [3.63, 3.8) is 0 Å². The summed E-state index contributed by atoms with van der Waals surface area (Å²) in [5.74, 6) is -6.72. The summed E-state index contributed by atoms with van der Waals surface area (Å²) in [7, 11) is 1.14. The maximum absolute atomic E-state index is 14.5. The first kappa shape index (κ1) is 30.0. The van der Waals surface area contributed by atoms with Gasteiger partial charge in [-0.3, -0.25) is 24.0 Å². The monoisotopic (exact) mass is 647 g/mol. The highest BCUT2D eigenvalue weighted by Gasteiger charge is 2.62. The number of aromatic hydroxyl groups is 3. The van der Waals surface area contributed by atoms with Crippen LogP contribution in [0.2, 0.25) is 0 Å². The smallest absolute Gasteiger partial charge is 0.260 e. The lowest BCUT2D eigenvalue weighted by molar-refractivity contribution is 0.0790. The number of H-pyrrole nitrogens is 1. The fourth-order valence-electron chi connectivity index (χ4n) is 7.28. The topological polar surface area (TPSA) is 171 Å². The first-order chi connectivity index (χ1) is 22.5. The number of ether oxygens (including phenoxy) is 1. The number of carbonyl (C=O) groups is 4. The van der Waals surface area contributed by atoms with Gasteiger partial charge in [0.2, 0.25) is 5.78 Å². The van der Waals surface area contributed by atoms with Crippen LogP contribution in [0.4, 0.5) is 0 Å². The number of thiocarbonyl (C=S) groups is 1. The third-order valence-corrected chi connectivity index (χ3v) is 9.52. The second kappa shape index (κ2) is 10.4. The van der Waals surface area contributed by atoms with E-state index in [1.807, 2.05) is 25.2 Å². The molecule has 4 N–H and O–H groups in total. The molecular weight excluding hydrogens is 622 g/mol. The van der Waals surface area contributed by atoms with Crippen molar-refractivity contribution in [2.45, 2.75) is 31.6 Å². The van der Waals surface area contributed by atoms with Crippen molar-refractivity contribution >= 4 is 62.6 Å². The van der Waals surface area contributed by atoms with E-state index in [1.165, 1.54) is 0 Å². The van der Waals surface area contributed by atoms with E-state index in [4.69, 9.17) is 17.0 Å². The summed E-state index contributed by atoms with van der Waals surface area (Å²) < 4.78 is 4.97. The van der Waals surface area contributed by atoms with Crippen LogP contribution in [-0.4, -0.2) is 55.4 Å². The SMILES string of the molecule is C/C=C/C=C/c1cc2c(C3=CC(=S)CC=C3)c3c(c(O)c2c(=O)[nH]1)[C@@]1(CC3)C(=O)c2c(O)c3c(c(O)c2C1=O)C(=O)C(OC)=CC3=O. The van der Waals surface area contributed by atoms with Crippen molar-refractivity contribution in [3.05, 3.63) is 109 Å². The molecule has 1 heterocycles. The van der Waals surface area contributed by atoms with E-state index in [0.717, 1.165) is 13.2 Å². The van der Waals surface area contributed by atoms with Crippen molar-refractivity contribution < 1.29 is 39.2 Å². The number of nitrogens with one attached hydrogen (secondary N) is 1. The van der Waals surface area contributed by atoms with E-state index >= 15 is 0 Å². The van der Waals surface area contributed by atoms with Crippen LogP contribution in [0, 0.1) is 0 Å². The van der Waals surface area contributed by atoms with E-state index in [9.17, 15) is 39.3 Å². The van der Waals surface area contributed by atoms with E-state index in [1.54, 1.807) is 30.4 Å². The Labute approximate surface area is 271 Å². The predicted octanol–water partition coefficient (Wildman–Crippen LogP) is 5.12. The molecule has 0 amide bonds. The Morgan fingerprint density at radius 1 is 0.915 bits per heavy atom. The highest BCUT2D eigenvalue weighted by atomic mass is 32.1. The quantitative estimate of drug-likeness (QED) is 0.129. The summed E-state index contributed by atoms with van der Waals surface area (Å²) in [6, 6.07) is 1.69. The number of fused-ring (bicyclic) bond motifs is 5. The molecule has 10 nitrogen and oxygen atoms in total. The molecule has 47 heavy (non-hydrogen) atoms. The van der Waals surface area contributed by atoms with Crippen LogP contribution in [0.25, 0.3) is 22.4 Å². The zero-order valence-corrected chi connectivity index (χ0v) is 25.8. The number of phenols is 3. The molecule has 234 valence electrons. The molecule has 11 heteroatoms. The standard InChI is InChI=1S/C36H25NO9S/c1-3-4-5-8-16-13-19-22(15-7-6-9-17(47)12-15)18-10-11-36(28(18)32(42)23(19)35(45)37-16)33(43)26-27(34(36)44)31(41)25-24(30(26)40)20(38)14-21(46-2)29(25)39/h3-8,12-14,40-42H,9-11H2,1-2H3,(H,37,45)/b4-3+,8-5+/t36-/m0/s1. The average molecular weight is 648 g/mol. The van der Waals surface area contributed by atoms with Crippen LogP contribution in [0.5, 0.6) is 17.2 Å². The van der Waals surface area contributed by atoms with Crippen LogP contribution < -0.4 is 5.56 Å². The first-order valence-corrected chi connectivity index (χ1v) is 15.1. The minimum absolute atomic E-state index is 0.0859. The van der Waals surface area contributed by atoms with Gasteiger partial charge in [-0.15, -0.1) is 0 Å². The Bertz CT molecular complexity index is 2310. The summed E-state index contributed by atoms with van der Waals surface area (Å²) in [5.41, 5.74) is -3.60. The number of carbonyl (C=O) groups excluding carboxylic acids is 4. The molecule has 0 fully saturated rings. The van der Waals surface area contributed by atoms with Gasteiger partial charge in [-0.05, 0) is 54.7 Å². The number of hydrogen-bond acceptors (Lipinski definition) is 10. The Morgan fingerprint density at radius 2 is 1.62 bits per heavy atom. The van der Waals surface area contributed by atoms with Crippen molar-refractivity contribution in [2.24, 2.45) is 0 Å². The molecule has 4 aliphatic carbocycles. The second-order valence-corrected chi connectivity index (χ2v) is 12.2. The van der Waals surface area contributed by atoms with Gasteiger partial charge in [-0.1, -0.05) is 42.6 Å². The number of Topliss-reactive ketones (excluding diaryl/α,β-unsaturated/α-hetero) is 3. The van der Waals surface area contributed by atoms with Gasteiger partial charge in [0.15, 0.2) is 23.1 Å². The lowest BCUT2D eigenvalue weighted by atomic mass is 9.75. The summed E-state index contributed by atoms with van der Waals surface area (Å²) >= 11 is 5.49. The molecule has 3 aromatic rings. The van der Waals surface area contributed by atoms with Gasteiger partial charge in [0.05, 0.1) is 34.7 Å². The number of aromatic nitrogens is 1. The van der Waals surface area contributed by atoms with Crippen molar-refractivity contribution in [1.29, 1.82) is 0 Å². The Morgan fingerprint density at radius 3 is 2.28 bits per heavy atom. The van der Waals surface area contributed by atoms with Gasteiger partial charge >= 0.3 is 0 Å². The van der Waals surface area contributed by atoms with E-state index < -0.39 is 79.4 Å². The molecular formula is C36H25NO9S. The Kier molecular flexibility index (Phi) is 6.66. The molecule has 2 aromatic carbocycles. The molecule has 0 aliphatic heterocycles. The number of aromatic amines is 1. The third kappa shape index (κ3) is 3.89. The molecule has 0 radical (unpaired) electrons. The largest absolute Gasteiger partial charge is 0.507 e. The minimum Gasteiger partial charge on any atom is -0.507 e. The van der Waals surface area contributed by atoms with E-state index in [-0.39, 0.29) is 23.8 Å². The predicted molar refractivity (Wildman–Crippen MR) is 177 cm³/mol. The number of rotatable bonds is 4. The molecule has 0 saturated carbocycles. The van der Waals surface area contributed by atoms with E-state index in [0.29, 0.717) is 39.1 Å². The highest BCUT2D eigenvalue weighted by molar-refractivity contribution is 7.80.